The van der Waals surface area contributed by atoms with Gasteiger partial charge in [-0.05, 0) is 68.1 Å². The Balaban J connectivity index is 1.31. The number of benzene rings is 2. The van der Waals surface area contributed by atoms with Crippen LogP contribution in [0.25, 0.3) is 10.9 Å². The molecular formula is C47H66N11O7+. The number of nitrogens with one attached hydrogen (secondary N) is 8. The number of aromatic nitrogens is 1. The Morgan fingerprint density at radius 1 is 0.800 bits per heavy atom. The molecule has 1 aromatic heterocycles. The molecule has 65 heavy (non-hydrogen) atoms. The van der Waals surface area contributed by atoms with Gasteiger partial charge in [-0.1, -0.05) is 80.6 Å². The fourth-order valence-corrected chi connectivity index (χ4v) is 9.32. The van der Waals surface area contributed by atoms with E-state index < -0.39 is 77.6 Å². The average Bonchev–Trinajstić information content (AvgIpc) is 3.95. The second kappa shape index (κ2) is 23.5. The molecule has 6 atom stereocenters. The number of carbonyl (C=O) groups is 7. The highest BCUT2D eigenvalue weighted by Crippen LogP contribution is 2.28. The second-order valence-corrected chi connectivity index (χ2v) is 17.6. The lowest BCUT2D eigenvalue weighted by Gasteiger charge is -2.32. The first-order valence-electron chi connectivity index (χ1n) is 23.1. The fourth-order valence-electron chi connectivity index (χ4n) is 9.32. The molecule has 0 spiro atoms. The summed E-state index contributed by atoms with van der Waals surface area (Å²) in [6, 6.07) is 10.5. The Morgan fingerprint density at radius 3 is 2.26 bits per heavy atom. The maximum atomic E-state index is 14.6. The molecule has 18 heteroatoms. The molecule has 0 bridgehead atoms. The van der Waals surface area contributed by atoms with Gasteiger partial charge < -0.3 is 41.8 Å². The van der Waals surface area contributed by atoms with Crippen LogP contribution in [0, 0.1) is 5.92 Å². The van der Waals surface area contributed by atoms with E-state index in [1.165, 1.54) is 11.8 Å². The number of rotatable bonds is 13. The van der Waals surface area contributed by atoms with Crippen molar-refractivity contribution in [1.82, 2.24) is 41.8 Å². The third-order valence-corrected chi connectivity index (χ3v) is 12.7. The number of amides is 7. The molecule has 2 aromatic carbocycles. The van der Waals surface area contributed by atoms with Crippen molar-refractivity contribution < 1.29 is 38.6 Å². The lowest BCUT2D eigenvalue weighted by Crippen LogP contribution is -2.78. The Morgan fingerprint density at radius 2 is 1.51 bits per heavy atom. The summed E-state index contributed by atoms with van der Waals surface area (Å²) in [6.07, 6.45) is 9.01. The van der Waals surface area contributed by atoms with Gasteiger partial charge in [-0.3, -0.25) is 50.0 Å². The van der Waals surface area contributed by atoms with Crippen LogP contribution in [0.4, 0.5) is 0 Å². The Hall–Kier alpha value is -6.46. The van der Waals surface area contributed by atoms with E-state index in [2.05, 4.69) is 41.9 Å². The largest absolute Gasteiger partial charge is 0.361 e. The van der Waals surface area contributed by atoms with Crippen LogP contribution in [0.3, 0.4) is 0 Å². The van der Waals surface area contributed by atoms with Gasteiger partial charge >= 0.3 is 5.96 Å². The van der Waals surface area contributed by atoms with Gasteiger partial charge in [0.05, 0.1) is 6.54 Å². The number of aromatic amines is 1. The SMILES string of the molecule is CC(=O)N[C@@H](Cc1ccccc1)C(=O)N[C@H]1CCCNC(=O)C(CCC[NH+]=C(N)N)NC(=O)[C@H](Cc2c[nH]c3ccccc23)NC(=O)[C@@H](CC2CCCCC2)NC(=O)[C@@H]2CCCN2C1=O. The van der Waals surface area contributed by atoms with Crippen molar-refractivity contribution in [1.29, 1.82) is 0 Å². The molecule has 1 unspecified atom stereocenters. The van der Waals surface area contributed by atoms with Crippen molar-refractivity contribution in [3.8, 4) is 0 Å². The zero-order valence-electron chi connectivity index (χ0n) is 37.3. The van der Waals surface area contributed by atoms with Gasteiger partial charge in [-0.2, -0.15) is 0 Å². The molecule has 2 aliphatic heterocycles. The molecule has 6 rings (SSSR count). The molecular weight excluding hydrogens is 831 g/mol. The quantitative estimate of drug-likeness (QED) is 0.0596. The number of hydrogen-bond donors (Lipinski definition) is 10. The van der Waals surface area contributed by atoms with Crippen LogP contribution in [-0.4, -0.2) is 113 Å². The van der Waals surface area contributed by atoms with Crippen LogP contribution in [0.5, 0.6) is 0 Å². The van der Waals surface area contributed by atoms with E-state index in [9.17, 15) is 33.6 Å². The predicted molar refractivity (Wildman–Crippen MR) is 244 cm³/mol. The van der Waals surface area contributed by atoms with E-state index in [-0.39, 0.29) is 57.1 Å². The molecule has 0 radical (unpaired) electrons. The van der Waals surface area contributed by atoms with Gasteiger partial charge in [0, 0.05) is 50.0 Å². The zero-order valence-corrected chi connectivity index (χ0v) is 37.3. The van der Waals surface area contributed by atoms with Crippen molar-refractivity contribution in [2.45, 2.75) is 133 Å². The third kappa shape index (κ3) is 13.8. The Labute approximate surface area is 379 Å². The summed E-state index contributed by atoms with van der Waals surface area (Å²) >= 11 is 0. The van der Waals surface area contributed by atoms with Crippen molar-refractivity contribution >= 4 is 58.2 Å². The lowest BCUT2D eigenvalue weighted by molar-refractivity contribution is -0.459. The standard InChI is InChI=1S/C47H65N11O7/c1-29(59)53-37(25-30-13-4-2-5-14-30)42(61)55-36-20-11-22-50-41(60)35(19-10-23-51-47(48)49)54-44(63)39(27-32-28-52-34-18-9-8-17-33(32)34)56-43(62)38(26-31-15-6-3-7-16-31)57-45(64)40-21-12-24-58(40)46(36)65/h2,4-5,8-9,13-14,17-18,28,31,35-40,52H,3,6-7,10-12,15-16,19-27H2,1H3,(H,50,60)(H,53,59)(H,54,63)(H,55,61)(H,56,62)(H,57,64)(H4,48,49,51)/p+1/t35?,36-,37-,38+,39-,40-/m0/s1. The number of nitrogens with two attached hydrogens (primary N) is 2. The lowest BCUT2D eigenvalue weighted by atomic mass is 9.84. The first-order chi connectivity index (χ1) is 31.4. The van der Waals surface area contributed by atoms with Crippen LogP contribution in [0.2, 0.25) is 0 Å². The minimum atomic E-state index is -1.13. The molecule has 3 aromatic rings. The van der Waals surface area contributed by atoms with Crippen molar-refractivity contribution in [2.75, 3.05) is 19.6 Å². The highest BCUT2D eigenvalue weighted by Gasteiger charge is 2.40. The molecule has 3 heterocycles. The van der Waals surface area contributed by atoms with Gasteiger partial charge in [0.2, 0.25) is 41.4 Å². The van der Waals surface area contributed by atoms with Gasteiger partial charge in [0.15, 0.2) is 0 Å². The smallest absolute Gasteiger partial charge is 0.338 e. The molecule has 350 valence electrons. The van der Waals surface area contributed by atoms with Gasteiger partial charge in [0.1, 0.15) is 36.3 Å². The van der Waals surface area contributed by atoms with E-state index in [1.54, 1.807) is 6.20 Å². The van der Waals surface area contributed by atoms with Gasteiger partial charge in [0.25, 0.3) is 0 Å². The zero-order chi connectivity index (χ0) is 46.3. The highest BCUT2D eigenvalue weighted by molar-refractivity contribution is 5.98. The van der Waals surface area contributed by atoms with Crippen LogP contribution >= 0.6 is 0 Å². The third-order valence-electron chi connectivity index (χ3n) is 12.7. The number of carbonyl (C=O) groups excluding carboxylic acids is 7. The van der Waals surface area contributed by atoms with Gasteiger partial charge in [-0.25, -0.2) is 0 Å². The Kier molecular flexibility index (Phi) is 17.3. The fraction of sp³-hybridized carbons (Fsp3) is 0.532. The van der Waals surface area contributed by atoms with E-state index in [0.717, 1.165) is 54.1 Å². The van der Waals surface area contributed by atoms with Gasteiger partial charge in [-0.15, -0.1) is 0 Å². The Bertz CT molecular complexity index is 2170. The molecule has 2 saturated heterocycles. The molecule has 1 aliphatic carbocycles. The summed E-state index contributed by atoms with van der Waals surface area (Å²) in [6.45, 7) is 1.96. The van der Waals surface area contributed by atoms with Crippen LogP contribution in [0.15, 0.2) is 60.8 Å². The average molecular weight is 897 g/mol. The number of fused-ring (bicyclic) bond motifs is 2. The molecule has 3 aliphatic rings. The molecule has 1 saturated carbocycles. The van der Waals surface area contributed by atoms with Crippen LogP contribution in [-0.2, 0) is 46.4 Å². The van der Waals surface area contributed by atoms with E-state index in [4.69, 9.17) is 11.5 Å². The number of guanidine groups is 1. The topological polar surface area (TPSA) is 277 Å². The second-order valence-electron chi connectivity index (χ2n) is 17.6. The number of H-pyrrole nitrogens is 1. The molecule has 18 nitrogen and oxygen atoms in total. The normalized spacial score (nSPS) is 23.4. The monoisotopic (exact) mass is 897 g/mol. The summed E-state index contributed by atoms with van der Waals surface area (Å²) < 4.78 is 0. The van der Waals surface area contributed by atoms with Crippen LogP contribution in [0.1, 0.15) is 95.1 Å². The summed E-state index contributed by atoms with van der Waals surface area (Å²) in [7, 11) is 0. The van der Waals surface area contributed by atoms with Crippen molar-refractivity contribution in [3.63, 3.8) is 0 Å². The molecule has 3 fully saturated rings. The highest BCUT2D eigenvalue weighted by atomic mass is 16.2. The molecule has 12 N–H and O–H groups in total. The first kappa shape index (κ1) is 48.0. The maximum absolute atomic E-state index is 14.6. The van der Waals surface area contributed by atoms with Crippen molar-refractivity contribution in [2.24, 2.45) is 17.4 Å². The van der Waals surface area contributed by atoms with E-state index >= 15 is 0 Å². The maximum Gasteiger partial charge on any atom is 0.338 e. The van der Waals surface area contributed by atoms with Crippen molar-refractivity contribution in [3.05, 3.63) is 71.9 Å². The number of nitrogens with zero attached hydrogens (tertiary/aromatic N) is 1. The summed E-state index contributed by atoms with van der Waals surface area (Å²) in [5.41, 5.74) is 13.7. The minimum Gasteiger partial charge on any atom is -0.361 e. The summed E-state index contributed by atoms with van der Waals surface area (Å²) in [5.74, 6) is -3.42. The predicted octanol–water partition coefficient (Wildman–Crippen LogP) is -0.597. The number of para-hydroxylation sites is 1. The molecule has 7 amide bonds. The minimum absolute atomic E-state index is 0.0134. The van der Waals surface area contributed by atoms with E-state index in [1.807, 2.05) is 54.6 Å². The first-order valence-corrected chi connectivity index (χ1v) is 23.1. The summed E-state index contributed by atoms with van der Waals surface area (Å²) in [5, 5.41) is 18.2. The van der Waals surface area contributed by atoms with E-state index in [0.29, 0.717) is 32.2 Å². The summed E-state index contributed by atoms with van der Waals surface area (Å²) in [4.78, 5) is 106. The number of hydrogen-bond acceptors (Lipinski definition) is 7. The van der Waals surface area contributed by atoms with Crippen LogP contribution < -0.4 is 48.4 Å².